The number of anilines is 1. The summed E-state index contributed by atoms with van der Waals surface area (Å²) in [6.45, 7) is -0.170. The van der Waals surface area contributed by atoms with E-state index in [0.29, 0.717) is 18.0 Å². The maximum Gasteiger partial charge on any atom is 0.255 e. The SMILES string of the molecule is NC(=O)COc1ccc([C@@H]2CC(=O)Nc3c2ncn3-c2ccccc2)cc1. The van der Waals surface area contributed by atoms with Gasteiger partial charge in [-0.1, -0.05) is 30.3 Å². The van der Waals surface area contributed by atoms with Crippen molar-refractivity contribution in [2.75, 3.05) is 11.9 Å². The zero-order valence-corrected chi connectivity index (χ0v) is 14.5. The summed E-state index contributed by atoms with van der Waals surface area (Å²) in [4.78, 5) is 27.7. The topological polar surface area (TPSA) is 99.2 Å². The van der Waals surface area contributed by atoms with Crippen LogP contribution in [-0.2, 0) is 9.59 Å². The van der Waals surface area contributed by atoms with Gasteiger partial charge in [0.05, 0.1) is 5.69 Å². The highest BCUT2D eigenvalue weighted by molar-refractivity contribution is 5.94. The lowest BCUT2D eigenvalue weighted by molar-refractivity contribution is -0.120. The number of nitrogens with zero attached hydrogens (tertiary/aromatic N) is 2. The van der Waals surface area contributed by atoms with Crippen molar-refractivity contribution < 1.29 is 14.3 Å². The summed E-state index contributed by atoms with van der Waals surface area (Å²) in [5, 5.41) is 2.94. The molecule has 1 atom stereocenters. The van der Waals surface area contributed by atoms with Crippen LogP contribution in [-0.4, -0.2) is 28.0 Å². The lowest BCUT2D eigenvalue weighted by atomic mass is 9.90. The molecule has 0 saturated carbocycles. The average Bonchev–Trinajstić information content (AvgIpc) is 3.10. The second kappa shape index (κ2) is 6.95. The Morgan fingerprint density at radius 2 is 1.93 bits per heavy atom. The number of benzene rings is 2. The Hall–Kier alpha value is -3.61. The van der Waals surface area contributed by atoms with Crippen LogP contribution in [0.15, 0.2) is 60.9 Å². The minimum absolute atomic E-state index is 0.0563. The number of hydrogen-bond donors (Lipinski definition) is 2. The molecule has 0 aliphatic carbocycles. The minimum Gasteiger partial charge on any atom is -0.484 e. The van der Waals surface area contributed by atoms with Crippen LogP contribution in [0.3, 0.4) is 0 Å². The summed E-state index contributed by atoms with van der Waals surface area (Å²) >= 11 is 0. The van der Waals surface area contributed by atoms with Gasteiger partial charge in [-0.3, -0.25) is 14.2 Å². The van der Waals surface area contributed by atoms with Crippen LogP contribution in [0.25, 0.3) is 5.69 Å². The Bertz CT molecular complexity index is 980. The van der Waals surface area contributed by atoms with Crippen LogP contribution < -0.4 is 15.8 Å². The zero-order valence-electron chi connectivity index (χ0n) is 14.5. The Balaban J connectivity index is 1.65. The van der Waals surface area contributed by atoms with E-state index in [1.165, 1.54) is 0 Å². The molecule has 0 unspecified atom stereocenters. The lowest BCUT2D eigenvalue weighted by Crippen LogP contribution is -2.25. The van der Waals surface area contributed by atoms with Gasteiger partial charge in [-0.25, -0.2) is 4.98 Å². The summed E-state index contributed by atoms with van der Waals surface area (Å²) < 4.78 is 7.17. The first-order valence-electron chi connectivity index (χ1n) is 8.55. The third kappa shape index (κ3) is 3.39. The van der Waals surface area contributed by atoms with E-state index in [1.54, 1.807) is 18.5 Å². The van der Waals surface area contributed by atoms with Gasteiger partial charge >= 0.3 is 0 Å². The van der Waals surface area contributed by atoms with Gasteiger partial charge in [0, 0.05) is 18.0 Å². The van der Waals surface area contributed by atoms with Crippen molar-refractivity contribution in [2.24, 2.45) is 5.73 Å². The molecular formula is C20H18N4O3. The normalized spacial score (nSPS) is 15.7. The molecule has 2 heterocycles. The van der Waals surface area contributed by atoms with Crippen LogP contribution in [0, 0.1) is 0 Å². The van der Waals surface area contributed by atoms with E-state index in [-0.39, 0.29) is 18.4 Å². The Morgan fingerprint density at radius 1 is 1.19 bits per heavy atom. The van der Waals surface area contributed by atoms with Crippen molar-refractivity contribution in [3.05, 3.63) is 72.2 Å². The number of ether oxygens (including phenoxy) is 1. The van der Waals surface area contributed by atoms with Crippen LogP contribution in [0.5, 0.6) is 5.75 Å². The molecule has 7 nitrogen and oxygen atoms in total. The van der Waals surface area contributed by atoms with E-state index < -0.39 is 5.91 Å². The monoisotopic (exact) mass is 362 g/mol. The van der Waals surface area contributed by atoms with E-state index in [4.69, 9.17) is 10.5 Å². The second-order valence-corrected chi connectivity index (χ2v) is 6.31. The highest BCUT2D eigenvalue weighted by Crippen LogP contribution is 2.37. The highest BCUT2D eigenvalue weighted by atomic mass is 16.5. The van der Waals surface area contributed by atoms with Gasteiger partial charge < -0.3 is 15.8 Å². The smallest absolute Gasteiger partial charge is 0.255 e. The number of aromatic nitrogens is 2. The molecule has 1 aliphatic rings. The number of nitrogens with one attached hydrogen (secondary N) is 1. The summed E-state index contributed by atoms with van der Waals surface area (Å²) in [5.74, 6) is 0.506. The van der Waals surface area contributed by atoms with Gasteiger partial charge in [-0.15, -0.1) is 0 Å². The van der Waals surface area contributed by atoms with Crippen LogP contribution in [0.4, 0.5) is 5.82 Å². The lowest BCUT2D eigenvalue weighted by Gasteiger charge is -2.23. The number of primary amides is 1. The first-order valence-corrected chi connectivity index (χ1v) is 8.55. The number of rotatable bonds is 5. The van der Waals surface area contributed by atoms with Gasteiger partial charge in [0.1, 0.15) is 17.9 Å². The van der Waals surface area contributed by atoms with E-state index in [0.717, 1.165) is 16.9 Å². The van der Waals surface area contributed by atoms with Crippen LogP contribution in [0.2, 0.25) is 0 Å². The van der Waals surface area contributed by atoms with Crippen molar-refractivity contribution in [3.63, 3.8) is 0 Å². The van der Waals surface area contributed by atoms with Crippen LogP contribution >= 0.6 is 0 Å². The van der Waals surface area contributed by atoms with Gasteiger partial charge in [0.25, 0.3) is 5.91 Å². The third-order valence-corrected chi connectivity index (χ3v) is 4.47. The van der Waals surface area contributed by atoms with E-state index in [2.05, 4.69) is 10.3 Å². The third-order valence-electron chi connectivity index (χ3n) is 4.47. The molecule has 2 amide bonds. The molecule has 2 aromatic carbocycles. The van der Waals surface area contributed by atoms with Gasteiger partial charge in [-0.05, 0) is 29.8 Å². The fourth-order valence-electron chi connectivity index (χ4n) is 3.22. The molecule has 3 aromatic rings. The predicted molar refractivity (Wildman–Crippen MR) is 99.8 cm³/mol. The molecule has 7 heteroatoms. The molecular weight excluding hydrogens is 344 g/mol. The molecule has 0 bridgehead atoms. The molecule has 1 aromatic heterocycles. The molecule has 27 heavy (non-hydrogen) atoms. The molecule has 4 rings (SSSR count). The number of para-hydroxylation sites is 1. The number of carbonyl (C=O) groups excluding carboxylic acids is 2. The standard InChI is InChI=1S/C20H18N4O3/c21-17(25)11-27-15-8-6-13(7-9-15)16-10-18(26)23-20-19(16)22-12-24(20)14-4-2-1-3-5-14/h1-9,12,16H,10-11H2,(H2,21,25)(H,23,26)/t16-/m0/s1. The molecule has 0 fully saturated rings. The van der Waals surface area contributed by atoms with E-state index in [9.17, 15) is 9.59 Å². The molecule has 3 N–H and O–H groups in total. The Labute approximate surface area is 155 Å². The average molecular weight is 362 g/mol. The summed E-state index contributed by atoms with van der Waals surface area (Å²) in [6.07, 6.45) is 2.04. The summed E-state index contributed by atoms with van der Waals surface area (Å²) in [7, 11) is 0. The minimum atomic E-state index is -0.529. The summed E-state index contributed by atoms with van der Waals surface area (Å²) in [5.41, 5.74) is 7.80. The first kappa shape index (κ1) is 16.8. The first-order chi connectivity index (χ1) is 13.1. The van der Waals surface area contributed by atoms with E-state index >= 15 is 0 Å². The van der Waals surface area contributed by atoms with Crippen molar-refractivity contribution in [1.82, 2.24) is 9.55 Å². The van der Waals surface area contributed by atoms with Gasteiger partial charge in [0.15, 0.2) is 6.61 Å². The van der Waals surface area contributed by atoms with E-state index in [1.807, 2.05) is 47.0 Å². The fourth-order valence-corrected chi connectivity index (χ4v) is 3.22. The Morgan fingerprint density at radius 3 is 2.63 bits per heavy atom. The maximum absolute atomic E-state index is 12.3. The van der Waals surface area contributed by atoms with Crippen molar-refractivity contribution in [3.8, 4) is 11.4 Å². The molecule has 0 saturated heterocycles. The van der Waals surface area contributed by atoms with Crippen molar-refractivity contribution >= 4 is 17.6 Å². The van der Waals surface area contributed by atoms with Crippen molar-refractivity contribution in [1.29, 1.82) is 0 Å². The second-order valence-electron chi connectivity index (χ2n) is 6.31. The maximum atomic E-state index is 12.3. The molecule has 136 valence electrons. The number of hydrogen-bond acceptors (Lipinski definition) is 4. The molecule has 0 spiro atoms. The zero-order chi connectivity index (χ0) is 18.8. The summed E-state index contributed by atoms with van der Waals surface area (Å²) in [6, 6.07) is 17.0. The molecule has 1 aliphatic heterocycles. The largest absolute Gasteiger partial charge is 0.484 e. The quantitative estimate of drug-likeness (QED) is 0.727. The number of amides is 2. The predicted octanol–water partition coefficient (Wildman–Crippen LogP) is 2.21. The Kier molecular flexibility index (Phi) is 4.33. The number of nitrogens with two attached hydrogens (primary N) is 1. The molecule has 0 radical (unpaired) electrons. The fraction of sp³-hybridized carbons (Fsp3) is 0.150. The van der Waals surface area contributed by atoms with Gasteiger partial charge in [-0.2, -0.15) is 0 Å². The number of fused-ring (bicyclic) bond motifs is 1. The number of carbonyl (C=O) groups is 2. The number of imidazole rings is 1. The van der Waals surface area contributed by atoms with Gasteiger partial charge in [0.2, 0.25) is 5.91 Å². The highest BCUT2D eigenvalue weighted by Gasteiger charge is 2.30. The van der Waals surface area contributed by atoms with Crippen molar-refractivity contribution in [2.45, 2.75) is 12.3 Å². The van der Waals surface area contributed by atoms with Crippen LogP contribution in [0.1, 0.15) is 23.6 Å².